The second-order valence-corrected chi connectivity index (χ2v) is 3.25. The number of amides is 1. The van der Waals surface area contributed by atoms with Crippen molar-refractivity contribution in [2.45, 2.75) is 31.6 Å². The Morgan fingerprint density at radius 2 is 2.38 bits per heavy atom. The number of ether oxygens (including phenoxy) is 1. The van der Waals surface area contributed by atoms with E-state index in [2.05, 4.69) is 5.32 Å². The molecule has 0 spiro atoms. The highest BCUT2D eigenvalue weighted by atomic mass is 16.5. The van der Waals surface area contributed by atoms with Gasteiger partial charge in [0, 0.05) is 13.3 Å². The lowest BCUT2D eigenvalue weighted by Crippen LogP contribution is -2.51. The number of hydrogen-bond acceptors (Lipinski definition) is 4. The van der Waals surface area contributed by atoms with Crippen LogP contribution in [0.4, 0.5) is 0 Å². The summed E-state index contributed by atoms with van der Waals surface area (Å²) in [6.07, 6.45) is -0.573. The highest BCUT2D eigenvalue weighted by Gasteiger charge is 2.29. The van der Waals surface area contributed by atoms with Gasteiger partial charge in [-0.25, -0.2) is 0 Å². The van der Waals surface area contributed by atoms with Gasteiger partial charge in [0.2, 0.25) is 5.91 Å². The number of nitrogens with one attached hydrogen (secondary N) is 1. The average Bonchev–Trinajstić information content (AvgIpc) is 2.08. The van der Waals surface area contributed by atoms with E-state index in [0.717, 1.165) is 0 Å². The van der Waals surface area contributed by atoms with Crippen LogP contribution in [-0.2, 0) is 9.53 Å². The van der Waals surface area contributed by atoms with Crippen LogP contribution in [-0.4, -0.2) is 47.6 Å². The monoisotopic (exact) mass is 189 g/mol. The molecule has 1 rings (SSSR count). The van der Waals surface area contributed by atoms with Crippen LogP contribution >= 0.6 is 0 Å². The fourth-order valence-electron chi connectivity index (χ4n) is 1.38. The molecule has 76 valence electrons. The van der Waals surface area contributed by atoms with Gasteiger partial charge in [-0.2, -0.15) is 0 Å². The number of aliphatic hydroxyl groups excluding tert-OH is 2. The van der Waals surface area contributed by atoms with Crippen LogP contribution in [0.5, 0.6) is 0 Å². The average molecular weight is 189 g/mol. The van der Waals surface area contributed by atoms with Gasteiger partial charge in [-0.3, -0.25) is 4.79 Å². The number of aliphatic hydroxyl groups is 2. The summed E-state index contributed by atoms with van der Waals surface area (Å²) in [4.78, 5) is 10.7. The molecule has 0 aromatic carbocycles. The molecule has 13 heavy (non-hydrogen) atoms. The smallest absolute Gasteiger partial charge is 0.217 e. The number of carbonyl (C=O) groups is 1. The van der Waals surface area contributed by atoms with E-state index in [9.17, 15) is 9.90 Å². The minimum Gasteiger partial charge on any atom is -0.394 e. The van der Waals surface area contributed by atoms with Crippen molar-refractivity contribution < 1.29 is 19.7 Å². The molecule has 5 nitrogen and oxygen atoms in total. The lowest BCUT2D eigenvalue weighted by Gasteiger charge is -2.32. The van der Waals surface area contributed by atoms with Gasteiger partial charge in [0.25, 0.3) is 0 Å². The Morgan fingerprint density at radius 3 is 2.85 bits per heavy atom. The predicted molar refractivity (Wildman–Crippen MR) is 45.1 cm³/mol. The van der Waals surface area contributed by atoms with Crippen LogP contribution in [0.15, 0.2) is 0 Å². The van der Waals surface area contributed by atoms with Crippen molar-refractivity contribution in [3.05, 3.63) is 0 Å². The van der Waals surface area contributed by atoms with Crippen molar-refractivity contribution in [3.8, 4) is 0 Å². The first-order chi connectivity index (χ1) is 6.13. The molecule has 0 aromatic heterocycles. The van der Waals surface area contributed by atoms with Gasteiger partial charge in [-0.15, -0.1) is 0 Å². The topological polar surface area (TPSA) is 78.8 Å². The second-order valence-electron chi connectivity index (χ2n) is 3.25. The molecule has 1 heterocycles. The molecule has 1 fully saturated rings. The van der Waals surface area contributed by atoms with Crippen LogP contribution in [0.3, 0.4) is 0 Å². The molecule has 3 N–H and O–H groups in total. The maximum absolute atomic E-state index is 10.7. The van der Waals surface area contributed by atoms with E-state index in [1.165, 1.54) is 6.92 Å². The van der Waals surface area contributed by atoms with Crippen molar-refractivity contribution in [3.63, 3.8) is 0 Å². The Morgan fingerprint density at radius 1 is 1.69 bits per heavy atom. The molecule has 1 saturated heterocycles. The first-order valence-corrected chi connectivity index (χ1v) is 4.31. The number of rotatable bonds is 2. The predicted octanol–water partition coefficient (Wildman–Crippen LogP) is -1.37. The van der Waals surface area contributed by atoms with Crippen LogP contribution in [0, 0.1) is 0 Å². The first-order valence-electron chi connectivity index (χ1n) is 4.31. The highest BCUT2D eigenvalue weighted by molar-refractivity contribution is 5.73. The fourth-order valence-corrected chi connectivity index (χ4v) is 1.38. The van der Waals surface area contributed by atoms with Crippen molar-refractivity contribution in [1.82, 2.24) is 5.32 Å². The molecular formula is C8H15NO4. The van der Waals surface area contributed by atoms with Gasteiger partial charge >= 0.3 is 0 Å². The van der Waals surface area contributed by atoms with E-state index in [1.807, 2.05) is 0 Å². The molecule has 0 unspecified atom stereocenters. The molecule has 0 radical (unpaired) electrons. The zero-order valence-electron chi connectivity index (χ0n) is 7.56. The summed E-state index contributed by atoms with van der Waals surface area (Å²) < 4.78 is 5.19. The van der Waals surface area contributed by atoms with E-state index in [4.69, 9.17) is 9.84 Å². The Bertz CT molecular complexity index is 185. The molecule has 3 atom stereocenters. The molecule has 1 aliphatic heterocycles. The van der Waals surface area contributed by atoms with Crippen molar-refractivity contribution in [1.29, 1.82) is 0 Å². The lowest BCUT2D eigenvalue weighted by atomic mass is 10.0. The molecule has 5 heteroatoms. The Labute approximate surface area is 76.7 Å². The first kappa shape index (κ1) is 10.4. The highest BCUT2D eigenvalue weighted by Crippen LogP contribution is 2.13. The third kappa shape index (κ3) is 2.95. The standard InChI is InChI=1S/C8H15NO4/c1-5(11)9-7-4-13-6(3-10)2-8(7)12/h6-8,10,12H,2-4H2,1H3,(H,9,11)/t6-,7+,8-/m0/s1. The maximum Gasteiger partial charge on any atom is 0.217 e. The number of carbonyl (C=O) groups excluding carboxylic acids is 1. The third-order valence-electron chi connectivity index (χ3n) is 2.07. The van der Waals surface area contributed by atoms with Crippen molar-refractivity contribution in [2.75, 3.05) is 13.2 Å². The second kappa shape index (κ2) is 4.55. The summed E-state index contributed by atoms with van der Waals surface area (Å²) in [5.74, 6) is -0.185. The minimum atomic E-state index is -0.630. The number of hydrogen-bond donors (Lipinski definition) is 3. The van der Waals surface area contributed by atoms with Crippen LogP contribution in [0.25, 0.3) is 0 Å². The SMILES string of the molecule is CC(=O)N[C@@H]1CO[C@H](CO)C[C@@H]1O. The lowest BCUT2D eigenvalue weighted by molar-refractivity contribution is -0.125. The summed E-state index contributed by atoms with van der Waals surface area (Å²) >= 11 is 0. The van der Waals surface area contributed by atoms with Gasteiger partial charge in [0.05, 0.1) is 31.5 Å². The van der Waals surface area contributed by atoms with E-state index >= 15 is 0 Å². The molecule has 1 amide bonds. The summed E-state index contributed by atoms with van der Waals surface area (Å²) in [5, 5.41) is 20.8. The van der Waals surface area contributed by atoms with Crippen molar-refractivity contribution in [2.24, 2.45) is 0 Å². The van der Waals surface area contributed by atoms with E-state index in [1.54, 1.807) is 0 Å². The molecule has 1 aliphatic rings. The third-order valence-corrected chi connectivity index (χ3v) is 2.07. The van der Waals surface area contributed by atoms with Gasteiger partial charge in [0.15, 0.2) is 0 Å². The normalized spacial score (nSPS) is 34.2. The van der Waals surface area contributed by atoms with Crippen molar-refractivity contribution >= 4 is 5.91 Å². The molecule has 0 saturated carbocycles. The summed E-state index contributed by atoms with van der Waals surface area (Å²) in [5.41, 5.74) is 0. The Hall–Kier alpha value is -0.650. The van der Waals surface area contributed by atoms with E-state index in [-0.39, 0.29) is 31.3 Å². The van der Waals surface area contributed by atoms with E-state index < -0.39 is 6.10 Å². The van der Waals surface area contributed by atoms with Crippen LogP contribution in [0.2, 0.25) is 0 Å². The molecule has 0 bridgehead atoms. The summed E-state index contributed by atoms with van der Waals surface area (Å²) in [7, 11) is 0. The summed E-state index contributed by atoms with van der Waals surface area (Å²) in [6, 6.07) is -0.347. The minimum absolute atomic E-state index is 0.0934. The zero-order valence-corrected chi connectivity index (χ0v) is 7.56. The van der Waals surface area contributed by atoms with Gasteiger partial charge in [0.1, 0.15) is 0 Å². The molecule has 0 aromatic rings. The van der Waals surface area contributed by atoms with Crippen LogP contribution in [0.1, 0.15) is 13.3 Å². The van der Waals surface area contributed by atoms with E-state index in [0.29, 0.717) is 6.42 Å². The molecular weight excluding hydrogens is 174 g/mol. The zero-order chi connectivity index (χ0) is 9.84. The fraction of sp³-hybridized carbons (Fsp3) is 0.875. The summed E-state index contributed by atoms with van der Waals surface area (Å²) in [6.45, 7) is 1.56. The molecule has 0 aliphatic carbocycles. The van der Waals surface area contributed by atoms with Gasteiger partial charge < -0.3 is 20.3 Å². The van der Waals surface area contributed by atoms with Crippen LogP contribution < -0.4 is 5.32 Å². The largest absolute Gasteiger partial charge is 0.394 e. The van der Waals surface area contributed by atoms with Gasteiger partial charge in [-0.05, 0) is 0 Å². The Balaban J connectivity index is 2.39. The van der Waals surface area contributed by atoms with Gasteiger partial charge in [-0.1, -0.05) is 0 Å². The Kier molecular flexibility index (Phi) is 3.65. The maximum atomic E-state index is 10.7. The quantitative estimate of drug-likeness (QED) is 0.501.